The molecule has 2 aliphatic rings. The molecule has 0 aromatic heterocycles. The minimum absolute atomic E-state index is 0. The fourth-order valence-electron chi connectivity index (χ4n) is 3.54. The molecule has 0 fully saturated rings. The number of thioether (sulfide) groups is 1. The molecule has 1 atom stereocenters. The van der Waals surface area contributed by atoms with Gasteiger partial charge in [-0.3, -0.25) is 0 Å². The molecular formula is C19H19BrClFN2OS. The van der Waals surface area contributed by atoms with Crippen LogP contribution in [0.1, 0.15) is 17.5 Å². The zero-order valence-corrected chi connectivity index (χ0v) is 17.4. The van der Waals surface area contributed by atoms with Crippen LogP contribution in [0.2, 0.25) is 5.02 Å². The first-order valence-electron chi connectivity index (χ1n) is 8.29. The summed E-state index contributed by atoms with van der Waals surface area (Å²) in [6, 6.07) is 12.0. The molecule has 0 radical (unpaired) electrons. The molecule has 0 saturated heterocycles. The van der Waals surface area contributed by atoms with E-state index in [4.69, 9.17) is 11.6 Å². The molecular weight excluding hydrogens is 439 g/mol. The highest BCUT2D eigenvalue weighted by molar-refractivity contribution is 8.13. The van der Waals surface area contributed by atoms with E-state index in [-0.39, 0.29) is 22.8 Å². The van der Waals surface area contributed by atoms with E-state index in [1.54, 1.807) is 23.9 Å². The molecule has 2 aromatic rings. The summed E-state index contributed by atoms with van der Waals surface area (Å²) in [6.07, 6.45) is 1.00. The highest BCUT2D eigenvalue weighted by Crippen LogP contribution is 2.39. The van der Waals surface area contributed by atoms with Crippen molar-refractivity contribution in [3.05, 3.63) is 64.4 Å². The second-order valence-electron chi connectivity index (χ2n) is 6.43. The number of aliphatic hydroxyl groups is 1. The van der Waals surface area contributed by atoms with Gasteiger partial charge in [0.25, 0.3) is 5.72 Å². The van der Waals surface area contributed by atoms with Crippen LogP contribution < -0.4 is 21.9 Å². The number of anilines is 1. The molecule has 0 spiro atoms. The third kappa shape index (κ3) is 3.17. The van der Waals surface area contributed by atoms with Gasteiger partial charge in [-0.15, -0.1) is 0 Å². The van der Waals surface area contributed by atoms with Gasteiger partial charge in [0, 0.05) is 21.9 Å². The predicted octanol–water partition coefficient (Wildman–Crippen LogP) is 0.962. The van der Waals surface area contributed by atoms with Crippen molar-refractivity contribution in [3.8, 4) is 0 Å². The predicted molar refractivity (Wildman–Crippen MR) is 101 cm³/mol. The quantitative estimate of drug-likeness (QED) is 0.681. The van der Waals surface area contributed by atoms with Crippen LogP contribution in [0.4, 0.5) is 10.1 Å². The van der Waals surface area contributed by atoms with Crippen molar-refractivity contribution in [2.75, 3.05) is 23.7 Å². The smallest absolute Gasteiger partial charge is 0.316 e. The Balaban J connectivity index is 0.00000196. The lowest BCUT2D eigenvalue weighted by Crippen LogP contribution is -3.00. The summed E-state index contributed by atoms with van der Waals surface area (Å²) in [5, 5.41) is 13.3. The number of nitrogens with zero attached hydrogens (tertiary/aromatic N) is 2. The van der Waals surface area contributed by atoms with Crippen molar-refractivity contribution in [3.63, 3.8) is 0 Å². The Bertz CT molecular complexity index is 861. The lowest BCUT2D eigenvalue weighted by Gasteiger charge is -2.24. The van der Waals surface area contributed by atoms with E-state index < -0.39 is 5.72 Å². The van der Waals surface area contributed by atoms with E-state index in [0.717, 1.165) is 35.1 Å². The van der Waals surface area contributed by atoms with E-state index in [1.165, 1.54) is 12.1 Å². The van der Waals surface area contributed by atoms with E-state index >= 15 is 0 Å². The summed E-state index contributed by atoms with van der Waals surface area (Å²) in [5.74, 6) is 0.714. The fraction of sp³-hybridized carbons (Fsp3) is 0.316. The van der Waals surface area contributed by atoms with Crippen LogP contribution in [0, 0.1) is 12.7 Å². The Hall–Kier alpha value is -1.08. The largest absolute Gasteiger partial charge is 1.00 e. The molecule has 0 aliphatic carbocycles. The van der Waals surface area contributed by atoms with Gasteiger partial charge in [0.05, 0.1) is 6.54 Å². The number of halogens is 3. The van der Waals surface area contributed by atoms with Crippen LogP contribution in [-0.4, -0.2) is 33.7 Å². The van der Waals surface area contributed by atoms with Gasteiger partial charge < -0.3 is 22.1 Å². The van der Waals surface area contributed by atoms with Gasteiger partial charge in [-0.05, 0) is 61.5 Å². The zero-order valence-electron chi connectivity index (χ0n) is 14.3. The van der Waals surface area contributed by atoms with Gasteiger partial charge in [-0.1, -0.05) is 17.7 Å². The van der Waals surface area contributed by atoms with Gasteiger partial charge in [0.15, 0.2) is 6.54 Å². The van der Waals surface area contributed by atoms with E-state index in [1.807, 2.05) is 29.7 Å². The normalized spacial score (nSPS) is 22.2. The van der Waals surface area contributed by atoms with Crippen LogP contribution in [0.15, 0.2) is 42.5 Å². The van der Waals surface area contributed by atoms with Gasteiger partial charge >= 0.3 is 5.17 Å². The average molecular weight is 458 g/mol. The minimum Gasteiger partial charge on any atom is -1.00 e. The first-order chi connectivity index (χ1) is 12.0. The number of hydrogen-bond donors (Lipinski definition) is 1. The third-order valence-corrected chi connectivity index (χ3v) is 6.48. The maximum atomic E-state index is 13.3. The summed E-state index contributed by atoms with van der Waals surface area (Å²) < 4.78 is 15.4. The monoisotopic (exact) mass is 456 g/mol. The molecule has 1 N–H and O–H groups in total. The second kappa shape index (κ2) is 7.50. The molecule has 4 rings (SSSR count). The third-order valence-electron chi connectivity index (χ3n) is 4.88. The van der Waals surface area contributed by atoms with Crippen molar-refractivity contribution < 1.29 is 31.1 Å². The Morgan fingerprint density at radius 3 is 2.69 bits per heavy atom. The van der Waals surface area contributed by atoms with E-state index in [2.05, 4.69) is 4.90 Å². The molecule has 1 unspecified atom stereocenters. The van der Waals surface area contributed by atoms with Crippen molar-refractivity contribution in [1.29, 1.82) is 0 Å². The Labute approximate surface area is 172 Å². The minimum atomic E-state index is -1.18. The summed E-state index contributed by atoms with van der Waals surface area (Å²) in [4.78, 5) is 2.13. The highest BCUT2D eigenvalue weighted by atomic mass is 79.9. The molecule has 2 aromatic carbocycles. The number of hydrogen-bond acceptors (Lipinski definition) is 3. The standard InChI is InChI=1S/C19H19ClFN2OS.BrH/c1-13-16(20)4-2-5-17(13)22-12-19(24,14-6-8-15(21)9-7-14)23-10-3-11-25-18(22)23;/h2,4-9,24H,3,10-12H2,1H3;1H/q+1;/p-1. The number of β-amino-alcohol motifs (C(OH)–C–C–N with tert-alkyl or cyclic N) is 1. The SMILES string of the molecule is Cc1c(Cl)cccc1N1CC(O)(c2ccc(F)cc2)[N+]2=C1SCCC2.[Br-]. The van der Waals surface area contributed by atoms with Gasteiger partial charge in [-0.2, -0.15) is 0 Å². The maximum Gasteiger partial charge on any atom is 0.316 e. The summed E-state index contributed by atoms with van der Waals surface area (Å²) in [6.45, 7) is 3.15. The summed E-state index contributed by atoms with van der Waals surface area (Å²) in [5.41, 5.74) is 1.52. The molecule has 2 heterocycles. The van der Waals surface area contributed by atoms with Crippen LogP contribution in [0.25, 0.3) is 0 Å². The molecule has 138 valence electrons. The average Bonchev–Trinajstić information content (AvgIpc) is 2.92. The molecule has 0 saturated carbocycles. The summed E-state index contributed by atoms with van der Waals surface area (Å²) in [7, 11) is 0. The van der Waals surface area contributed by atoms with Crippen molar-refractivity contribution in [1.82, 2.24) is 0 Å². The topological polar surface area (TPSA) is 26.5 Å². The van der Waals surface area contributed by atoms with Gasteiger partial charge in [-0.25, -0.2) is 13.9 Å². The van der Waals surface area contributed by atoms with Crippen LogP contribution >= 0.6 is 23.4 Å². The second-order valence-corrected chi connectivity index (χ2v) is 7.90. The van der Waals surface area contributed by atoms with Gasteiger partial charge in [0.2, 0.25) is 0 Å². The molecule has 0 amide bonds. The Kier molecular flexibility index (Phi) is 5.68. The molecule has 26 heavy (non-hydrogen) atoms. The molecule has 0 bridgehead atoms. The van der Waals surface area contributed by atoms with Crippen LogP contribution in [0.5, 0.6) is 0 Å². The molecule has 7 heteroatoms. The molecule has 3 nitrogen and oxygen atoms in total. The fourth-order valence-corrected chi connectivity index (χ4v) is 4.88. The number of rotatable bonds is 2. The Morgan fingerprint density at radius 1 is 1.23 bits per heavy atom. The van der Waals surface area contributed by atoms with Crippen LogP contribution in [0.3, 0.4) is 0 Å². The van der Waals surface area contributed by atoms with Crippen LogP contribution in [-0.2, 0) is 5.72 Å². The van der Waals surface area contributed by atoms with E-state index in [0.29, 0.717) is 17.1 Å². The number of amidine groups is 1. The lowest BCUT2D eigenvalue weighted by atomic mass is 10.0. The van der Waals surface area contributed by atoms with Crippen molar-refractivity contribution in [2.24, 2.45) is 0 Å². The van der Waals surface area contributed by atoms with Crippen molar-refractivity contribution >= 4 is 34.2 Å². The summed E-state index contributed by atoms with van der Waals surface area (Å²) >= 11 is 8.06. The van der Waals surface area contributed by atoms with Gasteiger partial charge in [0.1, 0.15) is 11.5 Å². The first kappa shape index (κ1) is 19.7. The Morgan fingerprint density at radius 2 is 1.96 bits per heavy atom. The highest BCUT2D eigenvalue weighted by Gasteiger charge is 2.53. The number of benzene rings is 2. The zero-order chi connectivity index (χ0) is 17.6. The van der Waals surface area contributed by atoms with E-state index in [9.17, 15) is 9.50 Å². The van der Waals surface area contributed by atoms with Crippen molar-refractivity contribution in [2.45, 2.75) is 19.1 Å². The first-order valence-corrected chi connectivity index (χ1v) is 9.65. The maximum absolute atomic E-state index is 13.3. The lowest BCUT2D eigenvalue weighted by molar-refractivity contribution is -0.656. The molecule has 2 aliphatic heterocycles.